The molecule has 1 amide bonds. The topological polar surface area (TPSA) is 52.6 Å². The Morgan fingerprint density at radius 1 is 1.00 bits per heavy atom. The van der Waals surface area contributed by atoms with Crippen LogP contribution in [0, 0.1) is 18.6 Å². The van der Waals surface area contributed by atoms with Crippen molar-refractivity contribution in [3.8, 4) is 0 Å². The maximum Gasteiger partial charge on any atom is 0.235 e. The molecule has 4 rings (SSSR count). The molecule has 0 aliphatic carbocycles. The normalized spacial score (nSPS) is 17.5. The molecule has 0 radical (unpaired) electrons. The van der Waals surface area contributed by atoms with Crippen LogP contribution >= 0.6 is 0 Å². The number of benzene rings is 3. The Labute approximate surface area is 199 Å². The Morgan fingerprint density at radius 2 is 1.53 bits per heavy atom. The van der Waals surface area contributed by atoms with Crippen LogP contribution in [0.1, 0.15) is 41.6 Å². The van der Waals surface area contributed by atoms with Crippen molar-refractivity contribution in [1.29, 1.82) is 0 Å². The van der Waals surface area contributed by atoms with Gasteiger partial charge in [0.05, 0.1) is 17.6 Å². The number of nitrogens with zero attached hydrogens (tertiary/aromatic N) is 1. The number of likely N-dealkylation sites (tertiary alicyclic amines) is 1. The van der Waals surface area contributed by atoms with E-state index in [9.17, 15) is 18.7 Å². The molecule has 2 atom stereocenters. The fourth-order valence-corrected chi connectivity index (χ4v) is 4.57. The molecule has 1 aliphatic rings. The average molecular weight is 465 g/mol. The standard InChI is InChI=1S/C28H30F2N2O2/c1-19-3-5-20(6-4-19)26(18-32-16-15-25(33)17-32)31-27(34)28(2,21-7-11-23(29)12-8-21)22-9-13-24(30)14-10-22/h3-14,25-26,33H,15-18H2,1-2H3,(H,31,34)/t25?,26-/m1/s1. The van der Waals surface area contributed by atoms with Gasteiger partial charge >= 0.3 is 0 Å². The maximum absolute atomic E-state index is 14.0. The summed E-state index contributed by atoms with van der Waals surface area (Å²) >= 11 is 0. The number of hydrogen-bond donors (Lipinski definition) is 2. The molecule has 6 heteroatoms. The van der Waals surface area contributed by atoms with Crippen molar-refractivity contribution in [2.24, 2.45) is 0 Å². The highest BCUT2D eigenvalue weighted by Crippen LogP contribution is 2.34. The molecule has 0 bridgehead atoms. The number of aliphatic hydroxyl groups excluding tert-OH is 1. The van der Waals surface area contributed by atoms with Gasteiger partial charge in [-0.25, -0.2) is 8.78 Å². The van der Waals surface area contributed by atoms with Gasteiger partial charge in [-0.3, -0.25) is 9.69 Å². The number of nitrogens with one attached hydrogen (secondary N) is 1. The van der Waals surface area contributed by atoms with Gasteiger partial charge in [0.2, 0.25) is 5.91 Å². The van der Waals surface area contributed by atoms with E-state index >= 15 is 0 Å². The minimum Gasteiger partial charge on any atom is -0.392 e. The highest BCUT2D eigenvalue weighted by molar-refractivity contribution is 5.92. The molecule has 3 aromatic rings. The molecule has 1 saturated heterocycles. The number of hydrogen-bond acceptors (Lipinski definition) is 3. The molecule has 1 fully saturated rings. The summed E-state index contributed by atoms with van der Waals surface area (Å²) in [6, 6.07) is 19.4. The summed E-state index contributed by atoms with van der Waals surface area (Å²) in [6.45, 7) is 5.65. The first-order valence-electron chi connectivity index (χ1n) is 11.6. The van der Waals surface area contributed by atoms with Crippen molar-refractivity contribution in [2.75, 3.05) is 19.6 Å². The molecule has 3 aromatic carbocycles. The van der Waals surface area contributed by atoms with E-state index in [-0.39, 0.29) is 18.1 Å². The van der Waals surface area contributed by atoms with E-state index in [1.54, 1.807) is 31.2 Å². The lowest BCUT2D eigenvalue weighted by atomic mass is 9.75. The summed E-state index contributed by atoms with van der Waals surface area (Å²) in [5, 5.41) is 13.2. The van der Waals surface area contributed by atoms with E-state index in [0.717, 1.165) is 17.7 Å². The molecule has 4 nitrogen and oxygen atoms in total. The van der Waals surface area contributed by atoms with Gasteiger partial charge in [-0.05, 0) is 61.2 Å². The van der Waals surface area contributed by atoms with E-state index in [0.29, 0.717) is 30.6 Å². The maximum atomic E-state index is 14.0. The van der Waals surface area contributed by atoms with Crippen LogP contribution in [0.3, 0.4) is 0 Å². The Kier molecular flexibility index (Phi) is 7.10. The Balaban J connectivity index is 1.69. The van der Waals surface area contributed by atoms with Gasteiger partial charge in [0, 0.05) is 19.6 Å². The van der Waals surface area contributed by atoms with Gasteiger partial charge in [-0.2, -0.15) is 0 Å². The zero-order chi connectivity index (χ0) is 24.3. The SMILES string of the molecule is Cc1ccc([C@@H](CN2CCC(O)C2)NC(=O)C(C)(c2ccc(F)cc2)c2ccc(F)cc2)cc1. The smallest absolute Gasteiger partial charge is 0.235 e. The lowest BCUT2D eigenvalue weighted by molar-refractivity contribution is -0.125. The molecule has 34 heavy (non-hydrogen) atoms. The van der Waals surface area contributed by atoms with Crippen molar-refractivity contribution >= 4 is 5.91 Å². The molecular weight excluding hydrogens is 434 g/mol. The van der Waals surface area contributed by atoms with E-state index in [4.69, 9.17) is 0 Å². The minimum absolute atomic E-state index is 0.268. The van der Waals surface area contributed by atoms with Gasteiger partial charge in [-0.1, -0.05) is 54.1 Å². The van der Waals surface area contributed by atoms with Crippen LogP contribution in [-0.2, 0) is 10.2 Å². The average Bonchev–Trinajstić information content (AvgIpc) is 3.24. The lowest BCUT2D eigenvalue weighted by Crippen LogP contribution is -2.47. The van der Waals surface area contributed by atoms with E-state index in [2.05, 4.69) is 10.2 Å². The number of carbonyl (C=O) groups excluding carboxylic acids is 1. The van der Waals surface area contributed by atoms with Gasteiger partial charge in [0.15, 0.2) is 0 Å². The Morgan fingerprint density at radius 3 is 2.00 bits per heavy atom. The molecule has 2 N–H and O–H groups in total. The predicted octanol–water partition coefficient (Wildman–Crippen LogP) is 4.50. The molecule has 0 saturated carbocycles. The van der Waals surface area contributed by atoms with Gasteiger partial charge in [0.1, 0.15) is 11.6 Å². The molecule has 1 aliphatic heterocycles. The van der Waals surface area contributed by atoms with Crippen molar-refractivity contribution < 1.29 is 18.7 Å². The van der Waals surface area contributed by atoms with Crippen molar-refractivity contribution in [3.05, 3.63) is 107 Å². The second-order valence-electron chi connectivity index (χ2n) is 9.28. The van der Waals surface area contributed by atoms with Crippen LogP contribution in [0.2, 0.25) is 0 Å². The second-order valence-corrected chi connectivity index (χ2v) is 9.28. The summed E-state index contributed by atoms with van der Waals surface area (Å²) < 4.78 is 27.4. The summed E-state index contributed by atoms with van der Waals surface area (Å²) in [4.78, 5) is 16.1. The van der Waals surface area contributed by atoms with Crippen LogP contribution < -0.4 is 5.32 Å². The first-order chi connectivity index (χ1) is 16.3. The summed E-state index contributed by atoms with van der Waals surface area (Å²) in [5.41, 5.74) is 2.12. The third-order valence-corrected chi connectivity index (χ3v) is 6.77. The van der Waals surface area contributed by atoms with Gasteiger partial charge in [0.25, 0.3) is 0 Å². The van der Waals surface area contributed by atoms with Gasteiger partial charge in [-0.15, -0.1) is 0 Å². The molecule has 1 heterocycles. The zero-order valence-electron chi connectivity index (χ0n) is 19.5. The highest BCUT2D eigenvalue weighted by atomic mass is 19.1. The van der Waals surface area contributed by atoms with Crippen LogP contribution in [-0.4, -0.2) is 41.7 Å². The van der Waals surface area contributed by atoms with Crippen molar-refractivity contribution in [2.45, 2.75) is 37.8 Å². The van der Waals surface area contributed by atoms with Crippen LogP contribution in [0.5, 0.6) is 0 Å². The predicted molar refractivity (Wildman–Crippen MR) is 128 cm³/mol. The molecule has 0 spiro atoms. The minimum atomic E-state index is -1.17. The number of amides is 1. The fraction of sp³-hybridized carbons (Fsp3) is 0.321. The van der Waals surface area contributed by atoms with E-state index in [1.807, 2.05) is 31.2 Å². The van der Waals surface area contributed by atoms with Crippen molar-refractivity contribution in [3.63, 3.8) is 0 Å². The molecular formula is C28H30F2N2O2. The zero-order valence-corrected chi connectivity index (χ0v) is 19.5. The first kappa shape index (κ1) is 24.0. The fourth-order valence-electron chi connectivity index (χ4n) is 4.57. The summed E-state index contributed by atoms with van der Waals surface area (Å²) in [6.07, 6.45) is 0.343. The van der Waals surface area contributed by atoms with Crippen LogP contribution in [0.15, 0.2) is 72.8 Å². The highest BCUT2D eigenvalue weighted by Gasteiger charge is 2.39. The number of aliphatic hydroxyl groups is 1. The number of β-amino-alcohol motifs (C(OH)–C–C–N with tert-alkyl or cyclic N) is 1. The van der Waals surface area contributed by atoms with Crippen LogP contribution in [0.25, 0.3) is 0 Å². The Bertz CT molecular complexity index is 1070. The van der Waals surface area contributed by atoms with E-state index in [1.165, 1.54) is 24.3 Å². The first-order valence-corrected chi connectivity index (χ1v) is 11.6. The Hall–Kier alpha value is -3.09. The quantitative estimate of drug-likeness (QED) is 0.541. The largest absolute Gasteiger partial charge is 0.392 e. The van der Waals surface area contributed by atoms with Crippen molar-refractivity contribution in [1.82, 2.24) is 10.2 Å². The van der Waals surface area contributed by atoms with Crippen LogP contribution in [0.4, 0.5) is 8.78 Å². The number of carbonyl (C=O) groups is 1. The number of rotatable bonds is 7. The lowest BCUT2D eigenvalue weighted by Gasteiger charge is -2.33. The summed E-state index contributed by atoms with van der Waals surface area (Å²) in [5.74, 6) is -1.05. The van der Waals surface area contributed by atoms with Gasteiger partial charge < -0.3 is 10.4 Å². The molecule has 0 aromatic heterocycles. The third-order valence-electron chi connectivity index (χ3n) is 6.77. The molecule has 178 valence electrons. The third kappa shape index (κ3) is 5.18. The second kappa shape index (κ2) is 10.0. The number of aryl methyl sites for hydroxylation is 1. The van der Waals surface area contributed by atoms with E-state index < -0.39 is 17.0 Å². The molecule has 1 unspecified atom stereocenters. The number of halogens is 2. The summed E-state index contributed by atoms with van der Waals surface area (Å²) in [7, 11) is 0. The monoisotopic (exact) mass is 464 g/mol.